The van der Waals surface area contributed by atoms with Crippen LogP contribution in [0.1, 0.15) is 25.0 Å². The Morgan fingerprint density at radius 3 is 2.61 bits per heavy atom. The predicted octanol–water partition coefficient (Wildman–Crippen LogP) is 3.46. The molecule has 18 heavy (non-hydrogen) atoms. The quantitative estimate of drug-likeness (QED) is 0.871. The van der Waals surface area contributed by atoms with Crippen molar-refractivity contribution in [2.75, 3.05) is 5.32 Å². The van der Waals surface area contributed by atoms with Crippen molar-refractivity contribution in [3.8, 4) is 0 Å². The number of hydrogen-bond acceptors (Lipinski definition) is 2. The molecule has 0 saturated carbocycles. The van der Waals surface area contributed by atoms with Crippen molar-refractivity contribution in [3.63, 3.8) is 0 Å². The fourth-order valence-corrected chi connectivity index (χ4v) is 1.90. The number of nitrogens with one attached hydrogen (secondary N) is 1. The third-order valence-corrected chi connectivity index (χ3v) is 2.85. The van der Waals surface area contributed by atoms with E-state index in [9.17, 15) is 0 Å². The lowest BCUT2D eigenvalue weighted by Crippen LogP contribution is -2.10. The Labute approximate surface area is 109 Å². The van der Waals surface area contributed by atoms with Gasteiger partial charge in [0.05, 0.1) is 0 Å². The molecule has 1 N–H and O–H groups in total. The van der Waals surface area contributed by atoms with E-state index in [0.717, 1.165) is 19.0 Å². The fourth-order valence-electron chi connectivity index (χ4n) is 1.90. The van der Waals surface area contributed by atoms with Crippen LogP contribution in [-0.4, -0.2) is 9.55 Å². The summed E-state index contributed by atoms with van der Waals surface area (Å²) in [5.41, 5.74) is 2.57. The van der Waals surface area contributed by atoms with Crippen molar-refractivity contribution >= 4 is 5.95 Å². The van der Waals surface area contributed by atoms with Gasteiger partial charge in [0.15, 0.2) is 0 Å². The minimum Gasteiger partial charge on any atom is -0.352 e. The Kier molecular flexibility index (Phi) is 4.03. The highest BCUT2D eigenvalue weighted by Crippen LogP contribution is 2.10. The maximum Gasteiger partial charge on any atom is 0.203 e. The molecule has 0 radical (unpaired) electrons. The van der Waals surface area contributed by atoms with E-state index in [1.165, 1.54) is 11.1 Å². The van der Waals surface area contributed by atoms with E-state index in [1.54, 1.807) is 0 Å². The molecule has 0 saturated heterocycles. The zero-order valence-corrected chi connectivity index (χ0v) is 11.4. The molecule has 1 heterocycles. The molecule has 2 aromatic rings. The SMILES string of the molecule is Cc1ccc(CNc2nccn2CC(C)C)cc1. The maximum absolute atomic E-state index is 4.35. The average molecular weight is 243 g/mol. The molecule has 3 nitrogen and oxygen atoms in total. The summed E-state index contributed by atoms with van der Waals surface area (Å²) in [4.78, 5) is 4.35. The van der Waals surface area contributed by atoms with Crippen LogP contribution in [0.15, 0.2) is 36.7 Å². The number of aryl methyl sites for hydroxylation is 1. The number of anilines is 1. The first-order valence-electron chi connectivity index (χ1n) is 6.45. The molecule has 0 bridgehead atoms. The molecule has 0 unspecified atom stereocenters. The van der Waals surface area contributed by atoms with Gasteiger partial charge in [-0.3, -0.25) is 0 Å². The number of benzene rings is 1. The van der Waals surface area contributed by atoms with E-state index in [4.69, 9.17) is 0 Å². The Balaban J connectivity index is 1.97. The zero-order valence-electron chi connectivity index (χ0n) is 11.4. The van der Waals surface area contributed by atoms with Gasteiger partial charge in [0.25, 0.3) is 0 Å². The number of rotatable bonds is 5. The normalized spacial score (nSPS) is 10.9. The molecule has 0 aliphatic rings. The highest BCUT2D eigenvalue weighted by Gasteiger charge is 2.03. The van der Waals surface area contributed by atoms with Crippen molar-refractivity contribution in [2.45, 2.75) is 33.9 Å². The molecule has 2 rings (SSSR count). The van der Waals surface area contributed by atoms with Gasteiger partial charge in [-0.1, -0.05) is 43.7 Å². The number of hydrogen-bond donors (Lipinski definition) is 1. The number of aromatic nitrogens is 2. The van der Waals surface area contributed by atoms with Gasteiger partial charge in [0, 0.05) is 25.5 Å². The second-order valence-electron chi connectivity index (χ2n) is 5.14. The molecular formula is C15H21N3. The summed E-state index contributed by atoms with van der Waals surface area (Å²) in [6.45, 7) is 8.34. The Morgan fingerprint density at radius 2 is 1.94 bits per heavy atom. The van der Waals surface area contributed by atoms with Crippen LogP contribution in [0, 0.1) is 12.8 Å². The van der Waals surface area contributed by atoms with E-state index in [0.29, 0.717) is 5.92 Å². The van der Waals surface area contributed by atoms with Gasteiger partial charge in [-0.05, 0) is 18.4 Å². The van der Waals surface area contributed by atoms with E-state index < -0.39 is 0 Å². The Morgan fingerprint density at radius 1 is 1.22 bits per heavy atom. The lowest BCUT2D eigenvalue weighted by molar-refractivity contribution is 0.526. The van der Waals surface area contributed by atoms with E-state index >= 15 is 0 Å². The van der Waals surface area contributed by atoms with Gasteiger partial charge < -0.3 is 9.88 Å². The summed E-state index contributed by atoms with van der Waals surface area (Å²) in [5.74, 6) is 1.57. The molecule has 1 aromatic heterocycles. The second-order valence-corrected chi connectivity index (χ2v) is 5.14. The van der Waals surface area contributed by atoms with Crippen molar-refractivity contribution in [1.82, 2.24) is 9.55 Å². The molecule has 0 amide bonds. The number of nitrogens with zero attached hydrogens (tertiary/aromatic N) is 2. The molecular weight excluding hydrogens is 222 g/mol. The minimum absolute atomic E-state index is 0.624. The third-order valence-electron chi connectivity index (χ3n) is 2.85. The lowest BCUT2D eigenvalue weighted by atomic mass is 10.1. The summed E-state index contributed by atoms with van der Waals surface area (Å²) in [5, 5.41) is 3.39. The molecule has 0 spiro atoms. The highest BCUT2D eigenvalue weighted by atomic mass is 15.2. The van der Waals surface area contributed by atoms with Crippen LogP contribution in [0.5, 0.6) is 0 Å². The first-order valence-corrected chi connectivity index (χ1v) is 6.45. The van der Waals surface area contributed by atoms with Gasteiger partial charge >= 0.3 is 0 Å². The van der Waals surface area contributed by atoms with Gasteiger partial charge in [-0.15, -0.1) is 0 Å². The van der Waals surface area contributed by atoms with Crippen LogP contribution in [-0.2, 0) is 13.1 Å². The lowest BCUT2D eigenvalue weighted by Gasteiger charge is -2.11. The summed E-state index contributed by atoms with van der Waals surface area (Å²) in [7, 11) is 0. The molecule has 0 aliphatic heterocycles. The van der Waals surface area contributed by atoms with Crippen molar-refractivity contribution in [1.29, 1.82) is 0 Å². The van der Waals surface area contributed by atoms with E-state index in [-0.39, 0.29) is 0 Å². The predicted molar refractivity (Wildman–Crippen MR) is 75.6 cm³/mol. The van der Waals surface area contributed by atoms with E-state index in [1.807, 2.05) is 12.4 Å². The smallest absolute Gasteiger partial charge is 0.203 e. The maximum atomic E-state index is 4.35. The molecule has 1 aromatic carbocycles. The van der Waals surface area contributed by atoms with Crippen molar-refractivity contribution in [3.05, 3.63) is 47.8 Å². The van der Waals surface area contributed by atoms with Crippen LogP contribution in [0.3, 0.4) is 0 Å². The summed E-state index contributed by atoms with van der Waals surface area (Å²) in [6, 6.07) is 8.57. The first kappa shape index (κ1) is 12.7. The standard InChI is InChI=1S/C15H21N3/c1-12(2)11-18-9-8-16-15(18)17-10-14-6-4-13(3)5-7-14/h4-9,12H,10-11H2,1-3H3,(H,16,17). The minimum atomic E-state index is 0.624. The van der Waals surface area contributed by atoms with Crippen LogP contribution < -0.4 is 5.32 Å². The van der Waals surface area contributed by atoms with Gasteiger partial charge in [-0.2, -0.15) is 0 Å². The summed E-state index contributed by atoms with van der Waals surface area (Å²) >= 11 is 0. The van der Waals surface area contributed by atoms with Crippen LogP contribution in [0.25, 0.3) is 0 Å². The first-order chi connectivity index (χ1) is 8.65. The Bertz CT molecular complexity index is 483. The topological polar surface area (TPSA) is 29.9 Å². The van der Waals surface area contributed by atoms with Crippen molar-refractivity contribution in [2.24, 2.45) is 5.92 Å². The molecule has 3 heteroatoms. The van der Waals surface area contributed by atoms with Crippen molar-refractivity contribution < 1.29 is 0 Å². The van der Waals surface area contributed by atoms with Gasteiger partial charge in [0.2, 0.25) is 5.95 Å². The van der Waals surface area contributed by atoms with Crippen LogP contribution in [0.2, 0.25) is 0 Å². The monoisotopic (exact) mass is 243 g/mol. The van der Waals surface area contributed by atoms with Crippen LogP contribution >= 0.6 is 0 Å². The number of imidazole rings is 1. The largest absolute Gasteiger partial charge is 0.352 e. The Hall–Kier alpha value is -1.77. The van der Waals surface area contributed by atoms with Gasteiger partial charge in [0.1, 0.15) is 0 Å². The molecule has 0 atom stereocenters. The zero-order chi connectivity index (χ0) is 13.0. The van der Waals surface area contributed by atoms with E-state index in [2.05, 4.69) is 59.9 Å². The summed E-state index contributed by atoms with van der Waals surface area (Å²) < 4.78 is 2.17. The summed E-state index contributed by atoms with van der Waals surface area (Å²) in [6.07, 6.45) is 3.87. The van der Waals surface area contributed by atoms with Gasteiger partial charge in [-0.25, -0.2) is 4.98 Å². The molecule has 96 valence electrons. The van der Waals surface area contributed by atoms with Crippen LogP contribution in [0.4, 0.5) is 5.95 Å². The highest BCUT2D eigenvalue weighted by molar-refractivity contribution is 5.30. The molecule has 0 fully saturated rings. The second kappa shape index (κ2) is 5.71. The third kappa shape index (κ3) is 3.36. The molecule has 0 aliphatic carbocycles. The average Bonchev–Trinajstić information content (AvgIpc) is 2.75. The fraction of sp³-hybridized carbons (Fsp3) is 0.400.